The second-order valence-electron chi connectivity index (χ2n) is 5.25. The number of hydrogen-bond donors (Lipinski definition) is 2. The number of amides is 2. The van der Waals surface area contributed by atoms with Gasteiger partial charge in [-0.15, -0.1) is 0 Å². The Bertz CT molecular complexity index is 666. The first kappa shape index (κ1) is 16.5. The van der Waals surface area contributed by atoms with Crippen LogP contribution in [0.3, 0.4) is 0 Å². The molecule has 0 radical (unpaired) electrons. The number of nitrogens with two attached hydrogens (primary N) is 1. The molecule has 4 nitrogen and oxygen atoms in total. The summed E-state index contributed by atoms with van der Waals surface area (Å²) in [5, 5.41) is 2.65. The van der Waals surface area contributed by atoms with Gasteiger partial charge in [0.1, 0.15) is 6.04 Å². The molecule has 4 heteroatoms. The van der Waals surface area contributed by atoms with Crippen molar-refractivity contribution in [3.05, 3.63) is 83.9 Å². The van der Waals surface area contributed by atoms with E-state index in [1.807, 2.05) is 60.7 Å². The van der Waals surface area contributed by atoms with E-state index < -0.39 is 11.9 Å². The molecule has 0 heterocycles. The smallest absolute Gasteiger partial charge is 0.244 e. The minimum Gasteiger partial charge on any atom is -0.368 e. The molecule has 118 valence electrons. The first-order chi connectivity index (χ1) is 11.1. The average Bonchev–Trinajstić information content (AvgIpc) is 2.56. The monoisotopic (exact) mass is 308 g/mol. The number of hydrogen-bond acceptors (Lipinski definition) is 2. The Morgan fingerprint density at radius 1 is 0.957 bits per heavy atom. The van der Waals surface area contributed by atoms with E-state index in [1.54, 1.807) is 6.08 Å². The molecule has 0 bridgehead atoms. The van der Waals surface area contributed by atoms with Crippen LogP contribution >= 0.6 is 0 Å². The van der Waals surface area contributed by atoms with Crippen molar-refractivity contribution >= 4 is 11.8 Å². The standard InChI is InChI=1S/C19H20N2O2/c20-19(23)17(14-16-10-5-2-6-11-16)21-18(22)13-7-12-15-8-3-1-4-9-15/h1-11,13,17H,12,14H2,(H2,20,23)(H,21,22)/b13-7+/t17-/m0/s1. The summed E-state index contributed by atoms with van der Waals surface area (Å²) in [6.07, 6.45) is 4.25. The number of benzene rings is 2. The Balaban J connectivity index is 1.89. The summed E-state index contributed by atoms with van der Waals surface area (Å²) in [6.45, 7) is 0. The molecule has 3 N–H and O–H groups in total. The van der Waals surface area contributed by atoms with Crippen molar-refractivity contribution in [1.29, 1.82) is 0 Å². The molecule has 23 heavy (non-hydrogen) atoms. The lowest BCUT2D eigenvalue weighted by Crippen LogP contribution is -2.45. The third kappa shape index (κ3) is 5.79. The molecule has 0 fully saturated rings. The van der Waals surface area contributed by atoms with Crippen LogP contribution < -0.4 is 11.1 Å². The van der Waals surface area contributed by atoms with Crippen molar-refractivity contribution in [2.45, 2.75) is 18.9 Å². The van der Waals surface area contributed by atoms with Crippen LogP contribution in [-0.2, 0) is 22.4 Å². The summed E-state index contributed by atoms with van der Waals surface area (Å²) in [7, 11) is 0. The molecule has 2 aromatic carbocycles. The number of carbonyl (C=O) groups is 2. The van der Waals surface area contributed by atoms with Crippen LogP contribution in [0.1, 0.15) is 11.1 Å². The van der Waals surface area contributed by atoms with E-state index in [0.717, 1.165) is 11.1 Å². The van der Waals surface area contributed by atoms with Crippen molar-refractivity contribution in [2.75, 3.05) is 0 Å². The highest BCUT2D eigenvalue weighted by Crippen LogP contribution is 2.03. The Kier molecular flexibility index (Phi) is 6.12. The largest absolute Gasteiger partial charge is 0.368 e. The highest BCUT2D eigenvalue weighted by atomic mass is 16.2. The maximum Gasteiger partial charge on any atom is 0.244 e. The summed E-state index contributed by atoms with van der Waals surface area (Å²) in [4.78, 5) is 23.5. The molecule has 0 aliphatic rings. The van der Waals surface area contributed by atoms with Gasteiger partial charge in [0.15, 0.2) is 0 Å². The van der Waals surface area contributed by atoms with E-state index in [-0.39, 0.29) is 5.91 Å². The molecule has 0 unspecified atom stereocenters. The van der Waals surface area contributed by atoms with E-state index in [0.29, 0.717) is 12.8 Å². The number of nitrogens with one attached hydrogen (secondary N) is 1. The fourth-order valence-electron chi connectivity index (χ4n) is 2.21. The third-order valence-corrected chi connectivity index (χ3v) is 3.41. The molecule has 0 aromatic heterocycles. The summed E-state index contributed by atoms with van der Waals surface area (Å²) in [6, 6.07) is 18.6. The van der Waals surface area contributed by atoms with E-state index in [9.17, 15) is 9.59 Å². The minimum atomic E-state index is -0.716. The summed E-state index contributed by atoms with van der Waals surface area (Å²) in [5.74, 6) is -0.862. The SMILES string of the molecule is NC(=O)[C@H](Cc1ccccc1)NC(=O)/C=C/Cc1ccccc1. The Labute approximate surface area is 136 Å². The number of allylic oxidation sites excluding steroid dienone is 1. The van der Waals surface area contributed by atoms with Gasteiger partial charge < -0.3 is 11.1 Å². The second-order valence-corrected chi connectivity index (χ2v) is 5.25. The summed E-state index contributed by atoms with van der Waals surface area (Å²) in [5.41, 5.74) is 7.44. The zero-order valence-corrected chi connectivity index (χ0v) is 12.8. The zero-order chi connectivity index (χ0) is 16.5. The predicted octanol–water partition coefficient (Wildman–Crippen LogP) is 2.00. The van der Waals surface area contributed by atoms with E-state index in [4.69, 9.17) is 5.73 Å². The van der Waals surface area contributed by atoms with Crippen LogP contribution in [0.5, 0.6) is 0 Å². The zero-order valence-electron chi connectivity index (χ0n) is 12.8. The van der Waals surface area contributed by atoms with Gasteiger partial charge in [0.25, 0.3) is 0 Å². The maximum atomic E-state index is 11.9. The van der Waals surface area contributed by atoms with Gasteiger partial charge >= 0.3 is 0 Å². The number of rotatable bonds is 7. The van der Waals surface area contributed by atoms with Gasteiger partial charge in [-0.2, -0.15) is 0 Å². The first-order valence-corrected chi connectivity index (χ1v) is 7.49. The Morgan fingerprint density at radius 3 is 2.09 bits per heavy atom. The van der Waals surface area contributed by atoms with Crippen LogP contribution in [0, 0.1) is 0 Å². The lowest BCUT2D eigenvalue weighted by molar-refractivity contribution is -0.124. The summed E-state index contributed by atoms with van der Waals surface area (Å²) >= 11 is 0. The molecule has 0 saturated carbocycles. The molecule has 0 aliphatic heterocycles. The molecule has 0 spiro atoms. The second kappa shape index (κ2) is 8.54. The fourth-order valence-corrected chi connectivity index (χ4v) is 2.21. The average molecular weight is 308 g/mol. The lowest BCUT2D eigenvalue weighted by atomic mass is 10.1. The normalized spacial score (nSPS) is 12.0. The first-order valence-electron chi connectivity index (χ1n) is 7.49. The highest BCUT2D eigenvalue weighted by molar-refractivity contribution is 5.92. The molecular formula is C19H20N2O2. The van der Waals surface area contributed by atoms with Crippen LogP contribution in [0.25, 0.3) is 0 Å². The van der Waals surface area contributed by atoms with Crippen molar-refractivity contribution < 1.29 is 9.59 Å². The quantitative estimate of drug-likeness (QED) is 0.768. The van der Waals surface area contributed by atoms with Gasteiger partial charge in [0.05, 0.1) is 0 Å². The molecule has 0 saturated heterocycles. The Morgan fingerprint density at radius 2 is 1.52 bits per heavy atom. The number of primary amides is 1. The van der Waals surface area contributed by atoms with Gasteiger partial charge in [-0.3, -0.25) is 9.59 Å². The topological polar surface area (TPSA) is 72.2 Å². The Hall–Kier alpha value is -2.88. The highest BCUT2D eigenvalue weighted by Gasteiger charge is 2.17. The summed E-state index contributed by atoms with van der Waals surface area (Å²) < 4.78 is 0. The molecule has 1 atom stereocenters. The van der Waals surface area contributed by atoms with E-state index in [2.05, 4.69) is 5.32 Å². The molecule has 0 aliphatic carbocycles. The van der Waals surface area contributed by atoms with Crippen molar-refractivity contribution in [3.63, 3.8) is 0 Å². The van der Waals surface area contributed by atoms with E-state index in [1.165, 1.54) is 6.08 Å². The number of carbonyl (C=O) groups excluding carboxylic acids is 2. The molecular weight excluding hydrogens is 288 g/mol. The van der Waals surface area contributed by atoms with Gasteiger partial charge in [-0.05, 0) is 23.6 Å². The third-order valence-electron chi connectivity index (χ3n) is 3.41. The van der Waals surface area contributed by atoms with Crippen LogP contribution in [0.2, 0.25) is 0 Å². The van der Waals surface area contributed by atoms with Gasteiger partial charge in [0.2, 0.25) is 11.8 Å². The van der Waals surface area contributed by atoms with Gasteiger partial charge in [-0.25, -0.2) is 0 Å². The molecule has 2 aromatic rings. The van der Waals surface area contributed by atoms with E-state index >= 15 is 0 Å². The lowest BCUT2D eigenvalue weighted by Gasteiger charge is -2.14. The van der Waals surface area contributed by atoms with Crippen LogP contribution in [0.15, 0.2) is 72.8 Å². The van der Waals surface area contributed by atoms with Gasteiger partial charge in [-0.1, -0.05) is 66.7 Å². The van der Waals surface area contributed by atoms with Crippen molar-refractivity contribution in [3.8, 4) is 0 Å². The van der Waals surface area contributed by atoms with Crippen molar-refractivity contribution in [1.82, 2.24) is 5.32 Å². The van der Waals surface area contributed by atoms with Gasteiger partial charge in [0, 0.05) is 6.42 Å². The minimum absolute atomic E-state index is 0.319. The van der Waals surface area contributed by atoms with Crippen molar-refractivity contribution in [2.24, 2.45) is 5.73 Å². The van der Waals surface area contributed by atoms with Crippen LogP contribution in [0.4, 0.5) is 0 Å². The maximum absolute atomic E-state index is 11.9. The molecule has 2 amide bonds. The molecule has 2 rings (SSSR count). The fraction of sp³-hybridized carbons (Fsp3) is 0.158. The van der Waals surface area contributed by atoms with Crippen LogP contribution in [-0.4, -0.2) is 17.9 Å². The predicted molar refractivity (Wildman–Crippen MR) is 90.6 cm³/mol.